The first-order valence-electron chi connectivity index (χ1n) is 7.75. The number of benzene rings is 3. The molecule has 0 saturated carbocycles. The highest BCUT2D eigenvalue weighted by Crippen LogP contribution is 2.35. The molecule has 0 saturated heterocycles. The third-order valence-corrected chi connectivity index (χ3v) is 4.57. The molecule has 22 heavy (non-hydrogen) atoms. The predicted octanol–water partition coefficient (Wildman–Crippen LogP) is 4.75. The van der Waals surface area contributed by atoms with E-state index in [1.54, 1.807) is 0 Å². The van der Waals surface area contributed by atoms with E-state index < -0.39 is 0 Å². The molecule has 0 aromatic heterocycles. The fraction of sp³-hybridized carbons (Fsp3) is 0.200. The lowest BCUT2D eigenvalue weighted by molar-refractivity contribution is 0.0626. The third kappa shape index (κ3) is 2.26. The summed E-state index contributed by atoms with van der Waals surface area (Å²) in [6.45, 7) is 3.81. The lowest BCUT2D eigenvalue weighted by Crippen LogP contribution is -2.34. The van der Waals surface area contributed by atoms with E-state index in [1.165, 1.54) is 21.9 Å². The second kappa shape index (κ2) is 5.47. The Morgan fingerprint density at radius 2 is 1.68 bits per heavy atom. The van der Waals surface area contributed by atoms with Gasteiger partial charge in [0.15, 0.2) is 0 Å². The minimum atomic E-state index is 0.341. The SMILES string of the molecule is C[C@H](c1ccccc1)N1COc2ccc3ccccc3c2C1. The van der Waals surface area contributed by atoms with Crippen LogP contribution < -0.4 is 4.74 Å². The summed E-state index contributed by atoms with van der Waals surface area (Å²) in [5.41, 5.74) is 2.63. The number of nitrogens with zero attached hydrogens (tertiary/aromatic N) is 1. The smallest absolute Gasteiger partial charge is 0.142 e. The average Bonchev–Trinajstić information content (AvgIpc) is 2.61. The largest absolute Gasteiger partial charge is 0.478 e. The van der Waals surface area contributed by atoms with E-state index in [2.05, 4.69) is 78.6 Å². The van der Waals surface area contributed by atoms with Gasteiger partial charge < -0.3 is 4.74 Å². The predicted molar refractivity (Wildman–Crippen MR) is 89.8 cm³/mol. The molecule has 0 fully saturated rings. The van der Waals surface area contributed by atoms with Gasteiger partial charge in [0.25, 0.3) is 0 Å². The van der Waals surface area contributed by atoms with Crippen molar-refractivity contribution < 1.29 is 4.74 Å². The molecule has 0 radical (unpaired) electrons. The monoisotopic (exact) mass is 289 g/mol. The number of fused-ring (bicyclic) bond motifs is 3. The number of hydrogen-bond acceptors (Lipinski definition) is 2. The van der Waals surface area contributed by atoms with E-state index in [9.17, 15) is 0 Å². The lowest BCUT2D eigenvalue weighted by Gasteiger charge is -2.34. The summed E-state index contributed by atoms with van der Waals surface area (Å²) in [7, 11) is 0. The number of rotatable bonds is 2. The van der Waals surface area contributed by atoms with Crippen molar-refractivity contribution in [3.63, 3.8) is 0 Å². The van der Waals surface area contributed by atoms with Gasteiger partial charge in [0.1, 0.15) is 12.5 Å². The molecule has 0 unspecified atom stereocenters. The van der Waals surface area contributed by atoms with Crippen molar-refractivity contribution in [3.8, 4) is 5.75 Å². The van der Waals surface area contributed by atoms with Crippen LogP contribution in [0.4, 0.5) is 0 Å². The van der Waals surface area contributed by atoms with Crippen LogP contribution in [0, 0.1) is 0 Å². The minimum absolute atomic E-state index is 0.341. The Labute approximate surface area is 130 Å². The number of hydrogen-bond donors (Lipinski definition) is 0. The van der Waals surface area contributed by atoms with Crippen LogP contribution in [0.5, 0.6) is 5.75 Å². The van der Waals surface area contributed by atoms with Gasteiger partial charge in [-0.05, 0) is 29.3 Å². The van der Waals surface area contributed by atoms with Crippen LogP contribution in [0.15, 0.2) is 66.7 Å². The maximum absolute atomic E-state index is 6.01. The molecule has 1 aliphatic heterocycles. The second-order valence-electron chi connectivity index (χ2n) is 5.87. The summed E-state index contributed by atoms with van der Waals surface area (Å²) in [6.07, 6.45) is 0. The Hall–Kier alpha value is -2.32. The van der Waals surface area contributed by atoms with Gasteiger partial charge in [0.2, 0.25) is 0 Å². The van der Waals surface area contributed by atoms with E-state index >= 15 is 0 Å². The maximum Gasteiger partial charge on any atom is 0.142 e. The third-order valence-electron chi connectivity index (χ3n) is 4.57. The molecule has 0 bridgehead atoms. The number of ether oxygens (including phenoxy) is 1. The highest BCUT2D eigenvalue weighted by atomic mass is 16.5. The van der Waals surface area contributed by atoms with Crippen molar-refractivity contribution in [1.82, 2.24) is 4.90 Å². The van der Waals surface area contributed by atoms with Gasteiger partial charge in [-0.1, -0.05) is 60.7 Å². The first-order valence-corrected chi connectivity index (χ1v) is 7.75. The Morgan fingerprint density at radius 3 is 2.55 bits per heavy atom. The molecular weight excluding hydrogens is 270 g/mol. The molecule has 4 rings (SSSR count). The van der Waals surface area contributed by atoms with E-state index in [-0.39, 0.29) is 0 Å². The van der Waals surface area contributed by atoms with Crippen molar-refractivity contribution >= 4 is 10.8 Å². The van der Waals surface area contributed by atoms with Gasteiger partial charge in [-0.3, -0.25) is 4.90 Å². The molecule has 3 aromatic carbocycles. The Bertz CT molecular complexity index is 797. The first kappa shape index (κ1) is 13.4. The maximum atomic E-state index is 6.01. The Morgan fingerprint density at radius 1 is 0.909 bits per heavy atom. The normalized spacial score (nSPS) is 16.0. The van der Waals surface area contributed by atoms with Crippen LogP contribution in [0.25, 0.3) is 10.8 Å². The minimum Gasteiger partial charge on any atom is -0.478 e. The van der Waals surface area contributed by atoms with Gasteiger partial charge in [0.05, 0.1) is 0 Å². The zero-order chi connectivity index (χ0) is 14.9. The van der Waals surface area contributed by atoms with E-state index in [4.69, 9.17) is 4.74 Å². The van der Waals surface area contributed by atoms with E-state index in [0.717, 1.165) is 12.3 Å². The zero-order valence-electron chi connectivity index (χ0n) is 12.7. The molecule has 3 aromatic rings. The van der Waals surface area contributed by atoms with Gasteiger partial charge in [0, 0.05) is 18.2 Å². The van der Waals surface area contributed by atoms with Gasteiger partial charge >= 0.3 is 0 Å². The highest BCUT2D eigenvalue weighted by Gasteiger charge is 2.23. The van der Waals surface area contributed by atoms with Gasteiger partial charge in [-0.15, -0.1) is 0 Å². The molecule has 1 aliphatic rings. The molecule has 110 valence electrons. The second-order valence-corrected chi connectivity index (χ2v) is 5.87. The van der Waals surface area contributed by atoms with E-state index in [1.807, 2.05) is 0 Å². The molecule has 0 N–H and O–H groups in total. The Kier molecular flexibility index (Phi) is 3.32. The van der Waals surface area contributed by atoms with Crippen LogP contribution >= 0.6 is 0 Å². The quantitative estimate of drug-likeness (QED) is 0.675. The standard InChI is InChI=1S/C20H19NO/c1-15(16-7-3-2-4-8-16)21-13-19-18-10-6-5-9-17(18)11-12-20(19)22-14-21/h2-12,15H,13-14H2,1H3/t15-/m1/s1. The van der Waals surface area contributed by atoms with Crippen LogP contribution in [-0.2, 0) is 6.54 Å². The van der Waals surface area contributed by atoms with Crippen molar-refractivity contribution in [1.29, 1.82) is 0 Å². The van der Waals surface area contributed by atoms with Crippen molar-refractivity contribution in [2.24, 2.45) is 0 Å². The van der Waals surface area contributed by atoms with Crippen molar-refractivity contribution in [2.75, 3.05) is 6.73 Å². The fourth-order valence-corrected chi connectivity index (χ4v) is 3.21. The molecule has 1 heterocycles. The molecular formula is C20H19NO. The molecule has 0 spiro atoms. The zero-order valence-corrected chi connectivity index (χ0v) is 12.7. The van der Waals surface area contributed by atoms with Crippen LogP contribution in [0.2, 0.25) is 0 Å². The molecule has 2 heteroatoms. The van der Waals surface area contributed by atoms with Crippen LogP contribution in [-0.4, -0.2) is 11.6 Å². The Balaban J connectivity index is 1.70. The summed E-state index contributed by atoms with van der Waals surface area (Å²) in [5.74, 6) is 1.02. The summed E-state index contributed by atoms with van der Waals surface area (Å²) in [5, 5.41) is 2.57. The molecule has 1 atom stereocenters. The highest BCUT2D eigenvalue weighted by molar-refractivity contribution is 5.87. The summed E-state index contributed by atoms with van der Waals surface area (Å²) in [6, 6.07) is 23.7. The average molecular weight is 289 g/mol. The summed E-state index contributed by atoms with van der Waals surface area (Å²) < 4.78 is 6.01. The van der Waals surface area contributed by atoms with Crippen LogP contribution in [0.3, 0.4) is 0 Å². The summed E-state index contributed by atoms with van der Waals surface area (Å²) in [4.78, 5) is 2.38. The molecule has 2 nitrogen and oxygen atoms in total. The first-order chi connectivity index (χ1) is 10.8. The molecule has 0 amide bonds. The fourth-order valence-electron chi connectivity index (χ4n) is 3.21. The van der Waals surface area contributed by atoms with Crippen LogP contribution in [0.1, 0.15) is 24.1 Å². The molecule has 0 aliphatic carbocycles. The van der Waals surface area contributed by atoms with Gasteiger partial charge in [-0.25, -0.2) is 0 Å². The van der Waals surface area contributed by atoms with Crippen molar-refractivity contribution in [2.45, 2.75) is 19.5 Å². The summed E-state index contributed by atoms with van der Waals surface area (Å²) >= 11 is 0. The lowest BCUT2D eigenvalue weighted by atomic mass is 10.0. The van der Waals surface area contributed by atoms with E-state index in [0.29, 0.717) is 12.8 Å². The van der Waals surface area contributed by atoms with Crippen molar-refractivity contribution in [3.05, 3.63) is 77.9 Å². The topological polar surface area (TPSA) is 12.5 Å². The van der Waals surface area contributed by atoms with Gasteiger partial charge in [-0.2, -0.15) is 0 Å².